The highest BCUT2D eigenvalue weighted by molar-refractivity contribution is 6.03. The fraction of sp³-hybridized carbons (Fsp3) is 0.269. The number of furan rings is 1. The number of nitrogens with zero attached hydrogens (tertiary/aromatic N) is 1. The van der Waals surface area contributed by atoms with Crippen molar-refractivity contribution in [3.05, 3.63) is 89.6 Å². The average Bonchev–Trinajstić information content (AvgIpc) is 3.40. The first-order valence-electron chi connectivity index (χ1n) is 11.3. The van der Waals surface area contributed by atoms with Gasteiger partial charge in [-0.1, -0.05) is 24.3 Å². The Labute approximate surface area is 196 Å². The summed E-state index contributed by atoms with van der Waals surface area (Å²) in [6.45, 7) is 1.30. The van der Waals surface area contributed by atoms with Crippen LogP contribution in [0.4, 0.5) is 10.1 Å². The zero-order valence-electron chi connectivity index (χ0n) is 18.6. The molecule has 1 saturated heterocycles. The van der Waals surface area contributed by atoms with Gasteiger partial charge in [0.15, 0.2) is 5.76 Å². The van der Waals surface area contributed by atoms with Crippen molar-refractivity contribution < 1.29 is 23.2 Å². The van der Waals surface area contributed by atoms with E-state index in [1.54, 1.807) is 59.5 Å². The number of carbonyl (C=O) groups excluding carboxylic acids is 3. The molecule has 0 aliphatic carbocycles. The topological polar surface area (TPSA) is 91.7 Å². The second kappa shape index (κ2) is 10.8. The molecular weight excluding hydrogens is 437 g/mol. The normalized spacial score (nSPS) is 14.0. The van der Waals surface area contributed by atoms with Gasteiger partial charge in [-0.15, -0.1) is 0 Å². The average molecular weight is 464 g/mol. The fourth-order valence-electron chi connectivity index (χ4n) is 4.02. The molecule has 1 aliphatic rings. The number of anilines is 1. The Morgan fingerprint density at radius 1 is 1.00 bits per heavy atom. The summed E-state index contributed by atoms with van der Waals surface area (Å²) in [5.41, 5.74) is 1.53. The predicted octanol–water partition coefficient (Wildman–Crippen LogP) is 3.88. The lowest BCUT2D eigenvalue weighted by atomic mass is 9.95. The Kier molecular flexibility index (Phi) is 7.37. The molecule has 0 unspecified atom stereocenters. The molecule has 3 aromatic rings. The second-order valence-corrected chi connectivity index (χ2v) is 8.21. The molecule has 0 radical (unpaired) electrons. The van der Waals surface area contributed by atoms with Crippen LogP contribution in [0.2, 0.25) is 0 Å². The highest BCUT2D eigenvalue weighted by Gasteiger charge is 2.28. The largest absolute Gasteiger partial charge is 0.459 e. The quantitative estimate of drug-likeness (QED) is 0.556. The Morgan fingerprint density at radius 3 is 2.53 bits per heavy atom. The predicted molar refractivity (Wildman–Crippen MR) is 125 cm³/mol. The van der Waals surface area contributed by atoms with E-state index < -0.39 is 5.91 Å². The van der Waals surface area contributed by atoms with Crippen LogP contribution in [0, 0.1) is 11.7 Å². The van der Waals surface area contributed by atoms with E-state index in [1.807, 2.05) is 0 Å². The molecule has 2 heterocycles. The first-order chi connectivity index (χ1) is 16.5. The van der Waals surface area contributed by atoms with E-state index in [9.17, 15) is 18.8 Å². The van der Waals surface area contributed by atoms with Crippen LogP contribution in [0.15, 0.2) is 71.3 Å². The number of hydrogen-bond donors (Lipinski definition) is 2. The minimum atomic E-state index is -0.392. The van der Waals surface area contributed by atoms with Gasteiger partial charge >= 0.3 is 0 Å². The van der Waals surface area contributed by atoms with Crippen LogP contribution in [0.3, 0.4) is 0 Å². The summed E-state index contributed by atoms with van der Waals surface area (Å²) in [5.74, 6) is -0.863. The summed E-state index contributed by atoms with van der Waals surface area (Å²) in [7, 11) is 0. The molecule has 4 rings (SSSR count). The highest BCUT2D eigenvalue weighted by Crippen LogP contribution is 2.21. The van der Waals surface area contributed by atoms with Gasteiger partial charge in [-0.3, -0.25) is 14.4 Å². The highest BCUT2D eigenvalue weighted by atomic mass is 19.1. The molecule has 2 aromatic carbocycles. The third-order valence-electron chi connectivity index (χ3n) is 5.92. The molecule has 176 valence electrons. The third-order valence-corrected chi connectivity index (χ3v) is 5.92. The van der Waals surface area contributed by atoms with Crippen molar-refractivity contribution >= 4 is 23.4 Å². The Hall–Kier alpha value is -3.94. The minimum Gasteiger partial charge on any atom is -0.459 e. The zero-order chi connectivity index (χ0) is 23.9. The number of rotatable bonds is 7. The molecule has 2 N–H and O–H groups in total. The molecular formula is C26H26FN3O4. The van der Waals surface area contributed by atoms with Crippen LogP contribution >= 0.6 is 0 Å². The van der Waals surface area contributed by atoms with Crippen molar-refractivity contribution in [1.29, 1.82) is 0 Å². The van der Waals surface area contributed by atoms with Crippen molar-refractivity contribution in [2.45, 2.75) is 19.3 Å². The number of benzene rings is 2. The van der Waals surface area contributed by atoms with E-state index in [-0.39, 0.29) is 29.3 Å². The van der Waals surface area contributed by atoms with Crippen molar-refractivity contribution in [2.24, 2.45) is 5.92 Å². The smallest absolute Gasteiger partial charge is 0.291 e. The molecule has 1 aliphatic heterocycles. The van der Waals surface area contributed by atoms with E-state index in [2.05, 4.69) is 10.6 Å². The third kappa shape index (κ3) is 5.70. The molecule has 0 atom stereocenters. The number of amides is 3. The van der Waals surface area contributed by atoms with Crippen LogP contribution in [-0.2, 0) is 11.2 Å². The molecule has 0 bridgehead atoms. The number of likely N-dealkylation sites (tertiary alicyclic amines) is 1. The van der Waals surface area contributed by atoms with Gasteiger partial charge in [-0.2, -0.15) is 0 Å². The zero-order valence-corrected chi connectivity index (χ0v) is 18.6. The summed E-state index contributed by atoms with van der Waals surface area (Å²) in [6, 6.07) is 16.5. The van der Waals surface area contributed by atoms with Gasteiger partial charge in [0.2, 0.25) is 5.91 Å². The number of carbonyl (C=O) groups is 3. The number of piperidine rings is 1. The van der Waals surface area contributed by atoms with E-state index in [0.717, 1.165) is 0 Å². The van der Waals surface area contributed by atoms with Gasteiger partial charge < -0.3 is 20.0 Å². The monoisotopic (exact) mass is 463 g/mol. The van der Waals surface area contributed by atoms with Crippen LogP contribution < -0.4 is 10.6 Å². The maximum Gasteiger partial charge on any atom is 0.291 e. The molecule has 0 saturated carbocycles. The number of halogens is 1. The fourth-order valence-corrected chi connectivity index (χ4v) is 4.02. The summed E-state index contributed by atoms with van der Waals surface area (Å²) < 4.78 is 18.8. The van der Waals surface area contributed by atoms with E-state index in [4.69, 9.17) is 4.42 Å². The molecule has 3 amide bonds. The van der Waals surface area contributed by atoms with Crippen LogP contribution in [-0.4, -0.2) is 42.3 Å². The first-order valence-corrected chi connectivity index (χ1v) is 11.3. The first kappa shape index (κ1) is 23.2. The Balaban J connectivity index is 1.26. The Morgan fingerprint density at radius 2 is 1.79 bits per heavy atom. The standard InChI is InChI=1S/C26H26FN3O4/c27-22-8-2-1-5-18(22)10-13-28-24(31)19-11-14-30(15-12-19)26(33)20-6-3-7-21(17-20)29-25(32)23-9-4-16-34-23/h1-9,16-17,19H,10-15H2,(H,28,31)(H,29,32). The van der Waals surface area contributed by atoms with Crippen molar-refractivity contribution in [3.8, 4) is 0 Å². The van der Waals surface area contributed by atoms with Crippen molar-refractivity contribution in [3.63, 3.8) is 0 Å². The van der Waals surface area contributed by atoms with Crippen molar-refractivity contribution in [1.82, 2.24) is 10.2 Å². The summed E-state index contributed by atoms with van der Waals surface area (Å²) in [6.07, 6.45) is 2.97. The summed E-state index contributed by atoms with van der Waals surface area (Å²) >= 11 is 0. The second-order valence-electron chi connectivity index (χ2n) is 8.21. The lowest BCUT2D eigenvalue weighted by Crippen LogP contribution is -2.43. The van der Waals surface area contributed by atoms with Gasteiger partial charge in [0.1, 0.15) is 5.82 Å². The van der Waals surface area contributed by atoms with Crippen molar-refractivity contribution in [2.75, 3.05) is 25.0 Å². The number of nitrogens with one attached hydrogen (secondary N) is 2. The van der Waals surface area contributed by atoms with E-state index >= 15 is 0 Å². The van der Waals surface area contributed by atoms with Gasteiger partial charge in [-0.05, 0) is 61.2 Å². The van der Waals surface area contributed by atoms with Crippen LogP contribution in [0.1, 0.15) is 39.3 Å². The summed E-state index contributed by atoms with van der Waals surface area (Å²) in [5, 5.41) is 5.60. The maximum atomic E-state index is 13.7. The lowest BCUT2D eigenvalue weighted by Gasteiger charge is -2.31. The molecule has 34 heavy (non-hydrogen) atoms. The molecule has 1 fully saturated rings. The lowest BCUT2D eigenvalue weighted by molar-refractivity contribution is -0.126. The molecule has 1 aromatic heterocycles. The van der Waals surface area contributed by atoms with Gasteiger partial charge in [0.05, 0.1) is 6.26 Å². The number of hydrogen-bond acceptors (Lipinski definition) is 4. The molecule has 8 heteroatoms. The van der Waals surface area contributed by atoms with Gasteiger partial charge in [0.25, 0.3) is 11.8 Å². The summed E-state index contributed by atoms with van der Waals surface area (Å²) in [4.78, 5) is 39.4. The van der Waals surface area contributed by atoms with Gasteiger partial charge in [0, 0.05) is 36.8 Å². The van der Waals surface area contributed by atoms with E-state index in [0.29, 0.717) is 55.7 Å². The van der Waals surface area contributed by atoms with Gasteiger partial charge in [-0.25, -0.2) is 4.39 Å². The van der Waals surface area contributed by atoms with E-state index in [1.165, 1.54) is 12.3 Å². The maximum absolute atomic E-state index is 13.7. The molecule has 7 nitrogen and oxygen atoms in total. The van der Waals surface area contributed by atoms with Crippen LogP contribution in [0.25, 0.3) is 0 Å². The Bertz CT molecular complexity index is 1150. The SMILES string of the molecule is O=C(Nc1cccc(C(=O)N2CCC(C(=O)NCCc3ccccc3F)CC2)c1)c1ccco1. The minimum absolute atomic E-state index is 0.0638. The van der Waals surface area contributed by atoms with Crippen LogP contribution in [0.5, 0.6) is 0 Å². The molecule has 0 spiro atoms.